The second kappa shape index (κ2) is 5.82. The Morgan fingerprint density at radius 3 is 2.75 bits per heavy atom. The summed E-state index contributed by atoms with van der Waals surface area (Å²) in [4.78, 5) is 0. The number of para-hydroxylation sites is 1. The van der Waals surface area contributed by atoms with Crippen LogP contribution in [-0.4, -0.2) is 0 Å². The van der Waals surface area contributed by atoms with Gasteiger partial charge in [-0.3, -0.25) is 0 Å². The van der Waals surface area contributed by atoms with E-state index in [9.17, 15) is 0 Å². The van der Waals surface area contributed by atoms with E-state index in [1.807, 2.05) is 37.3 Å². The average molecular weight is 211 g/mol. The fourth-order valence-corrected chi connectivity index (χ4v) is 1.44. The maximum atomic E-state index is 5.88. The molecule has 0 aliphatic carbocycles. The standard InChI is InChI=1S/C15H17N/c1-4-5-8-12(2)11-13(3)14-9-6-7-10-15(14)16/h6-7,9-11H,3,8,16H2,1-2H3/b12-11-. The summed E-state index contributed by atoms with van der Waals surface area (Å²) >= 11 is 0. The van der Waals surface area contributed by atoms with E-state index < -0.39 is 0 Å². The molecule has 0 aliphatic rings. The van der Waals surface area contributed by atoms with Crippen LogP contribution >= 0.6 is 0 Å². The minimum Gasteiger partial charge on any atom is -0.398 e. The van der Waals surface area contributed by atoms with Crippen molar-refractivity contribution in [1.82, 2.24) is 0 Å². The van der Waals surface area contributed by atoms with E-state index in [4.69, 9.17) is 5.73 Å². The molecular weight excluding hydrogens is 194 g/mol. The second-order valence-electron chi connectivity index (χ2n) is 3.71. The van der Waals surface area contributed by atoms with Gasteiger partial charge in [0.1, 0.15) is 0 Å². The van der Waals surface area contributed by atoms with Crippen LogP contribution in [0.1, 0.15) is 25.8 Å². The molecule has 0 heterocycles. The number of anilines is 1. The summed E-state index contributed by atoms with van der Waals surface area (Å²) in [7, 11) is 0. The van der Waals surface area contributed by atoms with E-state index in [2.05, 4.69) is 25.3 Å². The minimum atomic E-state index is 0.762. The van der Waals surface area contributed by atoms with Crippen molar-refractivity contribution in [2.75, 3.05) is 5.73 Å². The lowest BCUT2D eigenvalue weighted by molar-refractivity contribution is 1.25. The first-order valence-corrected chi connectivity index (χ1v) is 5.25. The van der Waals surface area contributed by atoms with Gasteiger partial charge in [-0.2, -0.15) is 0 Å². The van der Waals surface area contributed by atoms with Crippen molar-refractivity contribution in [2.45, 2.75) is 20.3 Å². The number of hydrogen-bond donors (Lipinski definition) is 1. The van der Waals surface area contributed by atoms with Crippen LogP contribution in [0.15, 0.2) is 42.5 Å². The third-order valence-electron chi connectivity index (χ3n) is 2.27. The van der Waals surface area contributed by atoms with Crippen LogP contribution in [0.5, 0.6) is 0 Å². The van der Waals surface area contributed by atoms with Gasteiger partial charge in [0.25, 0.3) is 0 Å². The fourth-order valence-electron chi connectivity index (χ4n) is 1.44. The Balaban J connectivity index is 2.86. The summed E-state index contributed by atoms with van der Waals surface area (Å²) in [6.45, 7) is 7.92. The molecule has 2 N–H and O–H groups in total. The quantitative estimate of drug-likeness (QED) is 0.461. The Labute approximate surface area is 97.7 Å². The Bertz CT molecular complexity index is 470. The molecule has 0 unspecified atom stereocenters. The summed E-state index contributed by atoms with van der Waals surface area (Å²) in [5.74, 6) is 5.91. The number of hydrogen-bond acceptors (Lipinski definition) is 1. The first kappa shape index (κ1) is 12.1. The zero-order chi connectivity index (χ0) is 12.0. The fraction of sp³-hybridized carbons (Fsp3) is 0.200. The SMILES string of the molecule is C=C(/C=C(/C)CC#CC)c1ccccc1N. The number of benzene rings is 1. The van der Waals surface area contributed by atoms with E-state index in [0.717, 1.165) is 23.2 Å². The molecule has 0 spiro atoms. The van der Waals surface area contributed by atoms with Gasteiger partial charge in [0.15, 0.2) is 0 Å². The predicted octanol–water partition coefficient (Wildman–Crippen LogP) is 3.64. The van der Waals surface area contributed by atoms with Crippen LogP contribution in [0.2, 0.25) is 0 Å². The molecule has 0 aromatic heterocycles. The molecule has 1 nitrogen and oxygen atoms in total. The smallest absolute Gasteiger partial charge is 0.0393 e. The molecule has 0 aliphatic heterocycles. The molecule has 0 saturated carbocycles. The van der Waals surface area contributed by atoms with E-state index in [1.54, 1.807) is 0 Å². The van der Waals surface area contributed by atoms with Crippen molar-refractivity contribution in [1.29, 1.82) is 0 Å². The van der Waals surface area contributed by atoms with E-state index in [-0.39, 0.29) is 0 Å². The lowest BCUT2D eigenvalue weighted by atomic mass is 10.0. The van der Waals surface area contributed by atoms with E-state index >= 15 is 0 Å². The largest absolute Gasteiger partial charge is 0.398 e. The normalized spacial score (nSPS) is 10.5. The van der Waals surface area contributed by atoms with Crippen molar-refractivity contribution in [3.8, 4) is 11.8 Å². The van der Waals surface area contributed by atoms with Crippen molar-refractivity contribution >= 4 is 11.3 Å². The molecular formula is C15H17N. The molecule has 0 bridgehead atoms. The predicted molar refractivity (Wildman–Crippen MR) is 71.7 cm³/mol. The van der Waals surface area contributed by atoms with Gasteiger partial charge in [0.05, 0.1) is 0 Å². The molecule has 1 rings (SSSR count). The summed E-state index contributed by atoms with van der Waals surface area (Å²) in [6.07, 6.45) is 2.82. The lowest BCUT2D eigenvalue weighted by Gasteiger charge is -2.05. The summed E-state index contributed by atoms with van der Waals surface area (Å²) < 4.78 is 0. The number of nitrogens with two attached hydrogens (primary N) is 1. The molecule has 1 aromatic rings. The van der Waals surface area contributed by atoms with Crippen LogP contribution in [0.25, 0.3) is 5.57 Å². The monoisotopic (exact) mass is 211 g/mol. The van der Waals surface area contributed by atoms with Crippen LogP contribution < -0.4 is 5.73 Å². The Morgan fingerprint density at radius 2 is 2.12 bits per heavy atom. The van der Waals surface area contributed by atoms with E-state index in [1.165, 1.54) is 5.57 Å². The molecule has 0 radical (unpaired) electrons. The summed E-state index contributed by atoms with van der Waals surface area (Å²) in [6, 6.07) is 7.75. The van der Waals surface area contributed by atoms with Gasteiger partial charge < -0.3 is 5.73 Å². The number of nitrogen functional groups attached to an aromatic ring is 1. The molecule has 0 amide bonds. The van der Waals surface area contributed by atoms with Gasteiger partial charge in [0.2, 0.25) is 0 Å². The van der Waals surface area contributed by atoms with Crippen molar-refractivity contribution < 1.29 is 0 Å². The van der Waals surface area contributed by atoms with Gasteiger partial charge in [-0.1, -0.05) is 42.3 Å². The maximum absolute atomic E-state index is 5.88. The first-order chi connectivity index (χ1) is 7.65. The third-order valence-corrected chi connectivity index (χ3v) is 2.27. The summed E-state index contributed by atoms with van der Waals surface area (Å²) in [5.41, 5.74) is 9.77. The minimum absolute atomic E-state index is 0.762. The Hall–Kier alpha value is -1.94. The van der Waals surface area contributed by atoms with Gasteiger partial charge in [-0.15, -0.1) is 5.92 Å². The zero-order valence-electron chi connectivity index (χ0n) is 9.88. The maximum Gasteiger partial charge on any atom is 0.0393 e. The highest BCUT2D eigenvalue weighted by Gasteiger charge is 2.00. The Morgan fingerprint density at radius 1 is 1.44 bits per heavy atom. The topological polar surface area (TPSA) is 26.0 Å². The van der Waals surface area contributed by atoms with Gasteiger partial charge in [-0.05, 0) is 25.5 Å². The highest BCUT2D eigenvalue weighted by molar-refractivity contribution is 5.80. The third kappa shape index (κ3) is 3.33. The van der Waals surface area contributed by atoms with Crippen molar-refractivity contribution in [2.24, 2.45) is 0 Å². The average Bonchev–Trinajstić information content (AvgIpc) is 2.26. The van der Waals surface area contributed by atoms with Crippen molar-refractivity contribution in [3.05, 3.63) is 48.1 Å². The van der Waals surface area contributed by atoms with Crippen molar-refractivity contribution in [3.63, 3.8) is 0 Å². The molecule has 0 atom stereocenters. The van der Waals surface area contributed by atoms with E-state index in [0.29, 0.717) is 0 Å². The van der Waals surface area contributed by atoms with Gasteiger partial charge in [-0.25, -0.2) is 0 Å². The first-order valence-electron chi connectivity index (χ1n) is 5.25. The number of rotatable bonds is 3. The van der Waals surface area contributed by atoms with Gasteiger partial charge in [0, 0.05) is 17.7 Å². The zero-order valence-corrected chi connectivity index (χ0v) is 9.88. The second-order valence-corrected chi connectivity index (χ2v) is 3.71. The molecule has 16 heavy (non-hydrogen) atoms. The van der Waals surface area contributed by atoms with Crippen LogP contribution in [-0.2, 0) is 0 Å². The highest BCUT2D eigenvalue weighted by Crippen LogP contribution is 2.22. The van der Waals surface area contributed by atoms with Crippen LogP contribution in [0.3, 0.4) is 0 Å². The highest BCUT2D eigenvalue weighted by atomic mass is 14.6. The number of allylic oxidation sites excluding steroid dienone is 3. The van der Waals surface area contributed by atoms with Crippen LogP contribution in [0, 0.1) is 11.8 Å². The molecule has 82 valence electrons. The lowest BCUT2D eigenvalue weighted by Crippen LogP contribution is -1.91. The van der Waals surface area contributed by atoms with Gasteiger partial charge >= 0.3 is 0 Å². The molecule has 0 fully saturated rings. The molecule has 1 heteroatoms. The van der Waals surface area contributed by atoms with Crippen LogP contribution in [0.4, 0.5) is 5.69 Å². The Kier molecular flexibility index (Phi) is 4.42. The summed E-state index contributed by atoms with van der Waals surface area (Å²) in [5, 5.41) is 0. The molecule has 0 saturated heterocycles. The molecule has 1 aromatic carbocycles.